The summed E-state index contributed by atoms with van der Waals surface area (Å²) >= 11 is 5.85. The smallest absolute Gasteiger partial charge is 0.259 e. The molecule has 0 radical (unpaired) electrons. The molecular weight excluding hydrogens is 397 g/mol. The molecule has 0 heterocycles. The lowest BCUT2D eigenvalue weighted by molar-refractivity contribution is -0.127. The van der Waals surface area contributed by atoms with Gasteiger partial charge in [-0.2, -0.15) is 5.10 Å². The van der Waals surface area contributed by atoms with Crippen LogP contribution in [0.1, 0.15) is 5.56 Å². The highest BCUT2D eigenvalue weighted by atomic mass is 35.5. The molecule has 0 fully saturated rings. The monoisotopic (exact) mass is 413 g/mol. The standard InChI is InChI=1S/C21H17ClFN3O3/c22-18-6-3-7-19(23)17(18)11-25-26-20(27)12-24-21(28)13-29-16-9-8-14-4-1-2-5-15(14)10-16/h1-11H,12-13H2,(H,24,28)(H,26,27)/b25-11+. The third-order valence-electron chi connectivity index (χ3n) is 3.92. The van der Waals surface area contributed by atoms with Gasteiger partial charge in [0.15, 0.2) is 6.61 Å². The van der Waals surface area contributed by atoms with Gasteiger partial charge < -0.3 is 10.1 Å². The summed E-state index contributed by atoms with van der Waals surface area (Å²) in [4.78, 5) is 23.6. The van der Waals surface area contributed by atoms with Crippen LogP contribution in [0.3, 0.4) is 0 Å². The number of fused-ring (bicyclic) bond motifs is 1. The van der Waals surface area contributed by atoms with Crippen molar-refractivity contribution in [3.63, 3.8) is 0 Å². The summed E-state index contributed by atoms with van der Waals surface area (Å²) < 4.78 is 19.0. The molecule has 0 atom stereocenters. The highest BCUT2D eigenvalue weighted by molar-refractivity contribution is 6.33. The van der Waals surface area contributed by atoms with Crippen LogP contribution in [0.2, 0.25) is 5.02 Å². The van der Waals surface area contributed by atoms with Gasteiger partial charge in [-0.15, -0.1) is 0 Å². The van der Waals surface area contributed by atoms with Crippen LogP contribution in [0, 0.1) is 5.82 Å². The Kier molecular flexibility index (Phi) is 6.76. The topological polar surface area (TPSA) is 79.8 Å². The highest BCUT2D eigenvalue weighted by Gasteiger charge is 2.07. The normalized spacial score (nSPS) is 10.8. The molecule has 0 saturated carbocycles. The third kappa shape index (κ3) is 5.76. The Bertz CT molecular complexity index is 1050. The number of halogens is 2. The molecule has 0 aliphatic heterocycles. The van der Waals surface area contributed by atoms with Gasteiger partial charge in [0.1, 0.15) is 11.6 Å². The van der Waals surface area contributed by atoms with E-state index in [4.69, 9.17) is 16.3 Å². The van der Waals surface area contributed by atoms with Crippen molar-refractivity contribution >= 4 is 40.4 Å². The maximum absolute atomic E-state index is 13.6. The van der Waals surface area contributed by atoms with Crippen molar-refractivity contribution in [1.82, 2.24) is 10.7 Å². The predicted molar refractivity (Wildman–Crippen MR) is 110 cm³/mol. The van der Waals surface area contributed by atoms with Crippen molar-refractivity contribution in [2.24, 2.45) is 5.10 Å². The van der Waals surface area contributed by atoms with Crippen molar-refractivity contribution < 1.29 is 18.7 Å². The first kappa shape index (κ1) is 20.3. The first-order chi connectivity index (χ1) is 14.0. The lowest BCUT2D eigenvalue weighted by atomic mass is 10.1. The second kappa shape index (κ2) is 9.66. The van der Waals surface area contributed by atoms with Crippen LogP contribution in [0.15, 0.2) is 65.8 Å². The maximum atomic E-state index is 13.6. The van der Waals surface area contributed by atoms with Gasteiger partial charge in [0.2, 0.25) is 0 Å². The second-order valence-electron chi connectivity index (χ2n) is 6.00. The fraction of sp³-hybridized carbons (Fsp3) is 0.0952. The van der Waals surface area contributed by atoms with Gasteiger partial charge in [0, 0.05) is 5.56 Å². The molecule has 3 aromatic rings. The lowest BCUT2D eigenvalue weighted by Crippen LogP contribution is -2.37. The van der Waals surface area contributed by atoms with Crippen molar-refractivity contribution in [2.45, 2.75) is 0 Å². The molecular formula is C21H17ClFN3O3. The minimum atomic E-state index is -0.576. The minimum absolute atomic E-state index is 0.0577. The van der Waals surface area contributed by atoms with E-state index in [9.17, 15) is 14.0 Å². The molecule has 0 bridgehead atoms. The number of amides is 2. The van der Waals surface area contributed by atoms with E-state index < -0.39 is 17.6 Å². The van der Waals surface area contributed by atoms with E-state index in [1.165, 1.54) is 18.2 Å². The van der Waals surface area contributed by atoms with Crippen LogP contribution in [0.25, 0.3) is 10.8 Å². The van der Waals surface area contributed by atoms with Crippen molar-refractivity contribution in [3.8, 4) is 5.75 Å². The number of carbonyl (C=O) groups is 2. The number of carbonyl (C=O) groups excluding carboxylic acids is 2. The molecule has 6 nitrogen and oxygen atoms in total. The Morgan fingerprint density at radius 3 is 2.62 bits per heavy atom. The molecule has 29 heavy (non-hydrogen) atoms. The van der Waals surface area contributed by atoms with Crippen LogP contribution in [0.4, 0.5) is 4.39 Å². The first-order valence-electron chi connectivity index (χ1n) is 8.67. The van der Waals surface area contributed by atoms with Gasteiger partial charge in [-0.25, -0.2) is 9.82 Å². The number of hydrogen-bond acceptors (Lipinski definition) is 4. The zero-order chi connectivity index (χ0) is 20.6. The summed E-state index contributed by atoms with van der Waals surface area (Å²) in [6, 6.07) is 17.5. The molecule has 0 aromatic heterocycles. The van der Waals surface area contributed by atoms with E-state index in [0.717, 1.165) is 17.0 Å². The van der Waals surface area contributed by atoms with E-state index >= 15 is 0 Å². The summed E-state index contributed by atoms with van der Waals surface area (Å²) in [6.07, 6.45) is 1.10. The highest BCUT2D eigenvalue weighted by Crippen LogP contribution is 2.20. The van der Waals surface area contributed by atoms with Gasteiger partial charge in [-0.1, -0.05) is 48.0 Å². The molecule has 8 heteroatoms. The van der Waals surface area contributed by atoms with E-state index in [2.05, 4.69) is 15.8 Å². The first-order valence-corrected chi connectivity index (χ1v) is 9.05. The number of hydrazone groups is 1. The summed E-state index contributed by atoms with van der Waals surface area (Å²) in [5.74, 6) is -1.05. The summed E-state index contributed by atoms with van der Waals surface area (Å²) in [6.45, 7) is -0.540. The van der Waals surface area contributed by atoms with Crippen LogP contribution in [-0.2, 0) is 9.59 Å². The molecule has 0 saturated heterocycles. The van der Waals surface area contributed by atoms with E-state index in [-0.39, 0.29) is 23.7 Å². The fourth-order valence-corrected chi connectivity index (χ4v) is 2.69. The molecule has 3 aromatic carbocycles. The number of ether oxygens (including phenoxy) is 1. The summed E-state index contributed by atoms with van der Waals surface area (Å²) in [5, 5.41) is 8.28. The molecule has 2 amide bonds. The van der Waals surface area contributed by atoms with Crippen LogP contribution < -0.4 is 15.5 Å². The summed E-state index contributed by atoms with van der Waals surface area (Å²) in [7, 11) is 0. The number of rotatable bonds is 7. The van der Waals surface area contributed by atoms with Crippen LogP contribution in [0.5, 0.6) is 5.75 Å². The molecule has 2 N–H and O–H groups in total. The largest absolute Gasteiger partial charge is 0.484 e. The van der Waals surface area contributed by atoms with Crippen LogP contribution in [-0.4, -0.2) is 31.2 Å². The maximum Gasteiger partial charge on any atom is 0.259 e. The van der Waals surface area contributed by atoms with Crippen molar-refractivity contribution in [3.05, 3.63) is 77.1 Å². The Balaban J connectivity index is 1.42. The van der Waals surface area contributed by atoms with Gasteiger partial charge in [0.05, 0.1) is 17.8 Å². The zero-order valence-corrected chi connectivity index (χ0v) is 15.9. The number of nitrogens with one attached hydrogen (secondary N) is 2. The van der Waals surface area contributed by atoms with Crippen LogP contribution >= 0.6 is 11.6 Å². The molecule has 3 rings (SSSR count). The van der Waals surface area contributed by atoms with Gasteiger partial charge >= 0.3 is 0 Å². The molecule has 148 valence electrons. The van der Waals surface area contributed by atoms with Crippen molar-refractivity contribution in [1.29, 1.82) is 0 Å². The minimum Gasteiger partial charge on any atom is -0.484 e. The zero-order valence-electron chi connectivity index (χ0n) is 15.2. The van der Waals surface area contributed by atoms with Gasteiger partial charge in [-0.05, 0) is 35.0 Å². The van der Waals surface area contributed by atoms with Gasteiger partial charge in [0.25, 0.3) is 11.8 Å². The number of nitrogens with zero attached hydrogens (tertiary/aromatic N) is 1. The quantitative estimate of drug-likeness (QED) is 0.461. The number of benzene rings is 3. The van der Waals surface area contributed by atoms with E-state index in [1.807, 2.05) is 36.4 Å². The Morgan fingerprint density at radius 2 is 1.83 bits per heavy atom. The van der Waals surface area contributed by atoms with Crippen molar-refractivity contribution in [2.75, 3.05) is 13.2 Å². The van der Waals surface area contributed by atoms with Gasteiger partial charge in [-0.3, -0.25) is 9.59 Å². The molecule has 0 aliphatic rings. The lowest BCUT2D eigenvalue weighted by Gasteiger charge is -2.08. The average molecular weight is 414 g/mol. The second-order valence-corrected chi connectivity index (χ2v) is 6.41. The van der Waals surface area contributed by atoms with E-state index in [0.29, 0.717) is 5.75 Å². The summed E-state index contributed by atoms with van der Waals surface area (Å²) in [5.41, 5.74) is 2.24. The molecule has 0 aliphatic carbocycles. The average Bonchev–Trinajstić information content (AvgIpc) is 2.72. The SMILES string of the molecule is O=C(COc1ccc2ccccc2c1)NCC(=O)N/N=C/c1c(F)cccc1Cl. The molecule has 0 unspecified atom stereocenters. The van der Waals surface area contributed by atoms with E-state index in [1.54, 1.807) is 6.07 Å². The Morgan fingerprint density at radius 1 is 1.03 bits per heavy atom. The predicted octanol–water partition coefficient (Wildman–Crippen LogP) is 3.28. The Hall–Kier alpha value is -3.45. The number of hydrogen-bond donors (Lipinski definition) is 2. The molecule has 0 spiro atoms. The third-order valence-corrected chi connectivity index (χ3v) is 4.25. The Labute approximate surface area is 171 Å². The fourth-order valence-electron chi connectivity index (χ4n) is 2.48.